The highest BCUT2D eigenvalue weighted by molar-refractivity contribution is 8.41. The highest BCUT2D eigenvalue weighted by Gasteiger charge is 2.43. The Morgan fingerprint density at radius 1 is 0.457 bits per heavy atom. The van der Waals surface area contributed by atoms with Crippen LogP contribution < -0.4 is 0 Å². The molecule has 2 rings (SSSR count). The van der Waals surface area contributed by atoms with Gasteiger partial charge in [0.15, 0.2) is 0 Å². The highest BCUT2D eigenvalue weighted by atomic mass is 32.3. The van der Waals surface area contributed by atoms with Crippen LogP contribution in [0, 0.1) is 22.9 Å². The molecule has 0 spiro atoms. The van der Waals surface area contributed by atoms with Crippen molar-refractivity contribution in [1.29, 1.82) is 0 Å². The molecule has 0 aromatic heterocycles. The van der Waals surface area contributed by atoms with Gasteiger partial charge in [0, 0.05) is 11.1 Å². The van der Waals surface area contributed by atoms with Gasteiger partial charge in [-0.1, -0.05) is 142 Å². The van der Waals surface area contributed by atoms with Gasteiger partial charge >= 0.3 is 0 Å². The first kappa shape index (κ1) is 43.2. The largest absolute Gasteiger partial charge is 0.146 e. The minimum Gasteiger partial charge on any atom is -0.125 e. The molecule has 0 unspecified atom stereocenters. The molecule has 0 saturated carbocycles. The average Bonchev–Trinajstić information content (AvgIpc) is 3.58. The third-order valence-corrected chi connectivity index (χ3v) is 32.0. The molecular weight excluding hydrogens is 745 g/mol. The highest BCUT2D eigenvalue weighted by Crippen LogP contribution is 2.58. The summed E-state index contributed by atoms with van der Waals surface area (Å²) in [6.45, 7) is 28.9. The third-order valence-electron chi connectivity index (χ3n) is 9.22. The van der Waals surface area contributed by atoms with Crippen molar-refractivity contribution >= 4 is 110 Å². The van der Waals surface area contributed by atoms with Crippen LogP contribution in [0.5, 0.6) is 0 Å². The van der Waals surface area contributed by atoms with E-state index in [4.69, 9.17) is 0 Å². The molecule has 2 aliphatic rings. The lowest BCUT2D eigenvalue weighted by Gasteiger charge is -2.38. The van der Waals surface area contributed by atoms with Gasteiger partial charge in [-0.3, -0.25) is 0 Å². The van der Waals surface area contributed by atoms with Gasteiger partial charge in [0.05, 0.1) is 25.4 Å². The smallest absolute Gasteiger partial charge is 0.125 e. The van der Waals surface area contributed by atoms with Crippen LogP contribution >= 0.6 is 94.1 Å². The lowest BCUT2D eigenvalue weighted by Crippen LogP contribution is -2.43. The van der Waals surface area contributed by atoms with Gasteiger partial charge in [-0.2, -0.15) is 0 Å². The first-order chi connectivity index (χ1) is 21.5. The maximum atomic E-state index is 4.09. The molecule has 10 heteroatoms. The predicted octanol–water partition coefficient (Wildman–Crippen LogP) is 15.1. The summed E-state index contributed by atoms with van der Waals surface area (Å²) in [5.74, 6) is 7.86. The van der Waals surface area contributed by atoms with Gasteiger partial charge in [-0.15, -0.1) is 58.1 Å². The number of rotatable bonds is 12. The van der Waals surface area contributed by atoms with Gasteiger partial charge in [0.25, 0.3) is 0 Å². The summed E-state index contributed by atoms with van der Waals surface area (Å²) in [5.41, 5.74) is 13.8. The Balaban J connectivity index is 3.07. The van der Waals surface area contributed by atoms with E-state index in [0.717, 1.165) is 11.1 Å². The number of allylic oxidation sites excluding steroid dienone is 4. The maximum Gasteiger partial charge on any atom is 0.146 e. The van der Waals surface area contributed by atoms with Crippen LogP contribution in [-0.2, 0) is 0 Å². The lowest BCUT2D eigenvalue weighted by atomic mass is 10.1. The Bertz CT molecular complexity index is 1190. The Labute approximate surface area is 320 Å². The minimum atomic E-state index is -1.97. The van der Waals surface area contributed by atoms with Gasteiger partial charge in [-0.05, 0) is 70.4 Å². The molecular formula is C36H56S8Si2. The standard InChI is InChI=1S/C36H56S8Si2/c1-23(2)45(24(3)4,25(5)6)19-17-29(21-31-41-33(37-13)34(38-14)42-31)30(22-32-43-35(39-15)36(40-16)44-32)18-20-46(26(7)8,27(9)10)28(11)12/h21-28H,1-16H3. The van der Waals surface area contributed by atoms with Crippen molar-refractivity contribution in [3.05, 3.63) is 48.7 Å². The van der Waals surface area contributed by atoms with Crippen molar-refractivity contribution in [2.75, 3.05) is 25.0 Å². The summed E-state index contributed by atoms with van der Waals surface area (Å²) in [7, 11) is -3.93. The molecule has 0 aromatic rings. The molecule has 0 atom stereocenters. The number of hydrogen-bond donors (Lipinski definition) is 0. The van der Waals surface area contributed by atoms with Crippen LogP contribution in [0.2, 0.25) is 33.2 Å². The van der Waals surface area contributed by atoms with E-state index in [1.807, 2.05) is 94.1 Å². The summed E-state index contributed by atoms with van der Waals surface area (Å²) < 4.78 is 8.18. The van der Waals surface area contributed by atoms with Crippen LogP contribution in [0.3, 0.4) is 0 Å². The molecule has 46 heavy (non-hydrogen) atoms. The summed E-state index contributed by atoms with van der Waals surface area (Å²) in [5, 5.41) is 0. The topological polar surface area (TPSA) is 0 Å². The minimum absolute atomic E-state index is 0.575. The van der Waals surface area contributed by atoms with Crippen molar-refractivity contribution in [2.45, 2.75) is 116 Å². The van der Waals surface area contributed by atoms with Gasteiger partial charge in [0.2, 0.25) is 0 Å². The van der Waals surface area contributed by atoms with E-state index in [0.29, 0.717) is 33.2 Å². The Kier molecular flexibility index (Phi) is 18.4. The summed E-state index contributed by atoms with van der Waals surface area (Å²) in [6.07, 6.45) is 13.5. The van der Waals surface area contributed by atoms with Crippen molar-refractivity contribution in [3.63, 3.8) is 0 Å². The van der Waals surface area contributed by atoms with Crippen molar-refractivity contribution in [3.8, 4) is 22.9 Å². The normalized spacial score (nSPS) is 16.7. The van der Waals surface area contributed by atoms with E-state index in [1.54, 1.807) is 0 Å². The second-order valence-corrected chi connectivity index (χ2v) is 33.6. The van der Waals surface area contributed by atoms with E-state index in [2.05, 4.69) is 143 Å². The van der Waals surface area contributed by atoms with Gasteiger partial charge < -0.3 is 0 Å². The molecule has 0 fully saturated rings. The monoisotopic (exact) mass is 800 g/mol. The molecule has 0 N–H and O–H groups in total. The van der Waals surface area contributed by atoms with Gasteiger partial charge in [0.1, 0.15) is 16.1 Å². The van der Waals surface area contributed by atoms with E-state index >= 15 is 0 Å². The van der Waals surface area contributed by atoms with E-state index < -0.39 is 16.1 Å². The quantitative estimate of drug-likeness (QED) is 0.140. The number of hydrogen-bond acceptors (Lipinski definition) is 8. The maximum absolute atomic E-state index is 4.09. The molecule has 0 amide bonds. The zero-order valence-electron chi connectivity index (χ0n) is 30.9. The SMILES string of the molecule is CSC1=C(SC)SC(=CC(C#C[Si](C(C)C)(C(C)C)C(C)C)=C(C#C[Si](C(C)C)(C(C)C)C(C)C)C=C2SC(SC)=C(SC)S2)S1. The molecule has 2 aliphatic heterocycles. The van der Waals surface area contributed by atoms with E-state index in [9.17, 15) is 0 Å². The zero-order valence-corrected chi connectivity index (χ0v) is 39.4. The van der Waals surface area contributed by atoms with E-state index in [-0.39, 0.29) is 0 Å². The average molecular weight is 802 g/mol. The molecule has 0 aromatic carbocycles. The lowest BCUT2D eigenvalue weighted by molar-refractivity contribution is 0.838. The van der Waals surface area contributed by atoms with Crippen LogP contribution in [-0.4, -0.2) is 41.2 Å². The molecule has 2 heterocycles. The van der Waals surface area contributed by atoms with Crippen molar-refractivity contribution in [2.24, 2.45) is 0 Å². The fourth-order valence-electron chi connectivity index (χ4n) is 7.01. The van der Waals surface area contributed by atoms with E-state index in [1.165, 1.54) is 25.4 Å². The molecule has 0 radical (unpaired) electrons. The van der Waals surface area contributed by atoms with Crippen LogP contribution in [0.4, 0.5) is 0 Å². The molecule has 0 bridgehead atoms. The van der Waals surface area contributed by atoms with Crippen LogP contribution in [0.1, 0.15) is 83.1 Å². The molecule has 0 nitrogen and oxygen atoms in total. The summed E-state index contributed by atoms with van der Waals surface area (Å²) >= 11 is 15.0. The first-order valence-corrected chi connectivity index (χ1v) is 28.8. The Morgan fingerprint density at radius 2 is 0.674 bits per heavy atom. The Hall–Kier alpha value is 1.05. The summed E-state index contributed by atoms with van der Waals surface area (Å²) in [4.78, 5) is 0. The van der Waals surface area contributed by atoms with Gasteiger partial charge in [-0.25, -0.2) is 0 Å². The molecule has 0 aliphatic carbocycles. The first-order valence-electron chi connectivity index (χ1n) is 16.1. The molecule has 256 valence electrons. The third kappa shape index (κ3) is 10.1. The fourth-order valence-corrected chi connectivity index (χ4v) is 27.3. The summed E-state index contributed by atoms with van der Waals surface area (Å²) in [6, 6.07) is 0. The fraction of sp³-hybridized carbons (Fsp3) is 0.611. The van der Waals surface area contributed by atoms with Crippen LogP contribution in [0.25, 0.3) is 0 Å². The van der Waals surface area contributed by atoms with Crippen molar-refractivity contribution in [1.82, 2.24) is 0 Å². The second kappa shape index (κ2) is 19.6. The van der Waals surface area contributed by atoms with Crippen molar-refractivity contribution < 1.29 is 0 Å². The molecule has 0 saturated heterocycles. The zero-order chi connectivity index (χ0) is 35.0. The Morgan fingerprint density at radius 3 is 0.848 bits per heavy atom. The number of thioether (sulfide) groups is 8. The second-order valence-electron chi connectivity index (χ2n) is 13.4. The predicted molar refractivity (Wildman–Crippen MR) is 239 cm³/mol. The van der Waals surface area contributed by atoms with Crippen LogP contribution in [0.15, 0.2) is 48.7 Å².